The van der Waals surface area contributed by atoms with E-state index in [9.17, 15) is 14.7 Å². The summed E-state index contributed by atoms with van der Waals surface area (Å²) in [7, 11) is 4.04. The molecule has 2 amide bonds. The molecule has 2 heterocycles. The van der Waals surface area contributed by atoms with Gasteiger partial charge in [-0.1, -0.05) is 67.1 Å². The number of carbonyl (C=O) groups excluding carboxylic acids is 2. The first kappa shape index (κ1) is 27.9. The molecule has 0 radical (unpaired) electrons. The number of anilines is 1. The largest absolute Gasteiger partial charge is 0.378 e. The van der Waals surface area contributed by atoms with Gasteiger partial charge in [-0.15, -0.1) is 0 Å². The Morgan fingerprint density at radius 2 is 1.82 bits per heavy atom. The maximum Gasteiger partial charge on any atom is 0.254 e. The number of aliphatic hydroxyl groups is 1. The Balaban J connectivity index is 1.53. The lowest BCUT2D eigenvalue weighted by Gasteiger charge is -2.39. The van der Waals surface area contributed by atoms with Crippen molar-refractivity contribution in [3.63, 3.8) is 0 Å². The molecule has 5 rings (SSSR count). The first-order valence-electron chi connectivity index (χ1n) is 13.6. The number of fused-ring (bicyclic) bond motifs is 2. The number of nitrogens with zero attached hydrogens (tertiary/aromatic N) is 2. The number of carbonyl (C=O) groups is 2. The van der Waals surface area contributed by atoms with E-state index in [1.807, 2.05) is 69.7 Å². The third-order valence-electron chi connectivity index (χ3n) is 7.71. The van der Waals surface area contributed by atoms with Gasteiger partial charge in [-0.2, -0.15) is 0 Å². The number of aromatic amines is 1. The van der Waals surface area contributed by atoms with Crippen molar-refractivity contribution in [2.24, 2.45) is 5.92 Å². The zero-order valence-corrected chi connectivity index (χ0v) is 23.7. The van der Waals surface area contributed by atoms with Gasteiger partial charge >= 0.3 is 0 Å². The van der Waals surface area contributed by atoms with Crippen molar-refractivity contribution in [2.75, 3.05) is 32.1 Å². The maximum atomic E-state index is 14.5. The van der Waals surface area contributed by atoms with E-state index in [1.54, 1.807) is 35.2 Å². The van der Waals surface area contributed by atoms with Crippen molar-refractivity contribution in [3.8, 4) is 0 Å². The molecule has 1 aliphatic rings. The molecule has 0 fully saturated rings. The minimum absolute atomic E-state index is 0.194. The van der Waals surface area contributed by atoms with Gasteiger partial charge in [0.2, 0.25) is 5.91 Å². The highest BCUT2D eigenvalue weighted by Crippen LogP contribution is 2.35. The monoisotopic (exact) mass is 558 g/mol. The fourth-order valence-corrected chi connectivity index (χ4v) is 5.99. The van der Waals surface area contributed by atoms with Gasteiger partial charge in [-0.25, -0.2) is 0 Å². The summed E-state index contributed by atoms with van der Waals surface area (Å²) >= 11 is 6.35. The molecule has 0 saturated heterocycles. The lowest BCUT2D eigenvalue weighted by Crippen LogP contribution is -2.54. The lowest BCUT2D eigenvalue weighted by molar-refractivity contribution is -0.134. The molecule has 0 saturated carbocycles. The van der Waals surface area contributed by atoms with E-state index >= 15 is 0 Å². The Kier molecular flexibility index (Phi) is 8.26. The molecule has 40 heavy (non-hydrogen) atoms. The van der Waals surface area contributed by atoms with Gasteiger partial charge in [0.05, 0.1) is 0 Å². The van der Waals surface area contributed by atoms with E-state index in [2.05, 4.69) is 15.2 Å². The number of amides is 2. The zero-order valence-electron chi connectivity index (χ0n) is 23.0. The number of H-pyrrole nitrogens is 1. The van der Waals surface area contributed by atoms with E-state index in [0.717, 1.165) is 40.7 Å². The first-order valence-corrected chi connectivity index (χ1v) is 13.9. The van der Waals surface area contributed by atoms with Crippen LogP contribution in [0.1, 0.15) is 35.6 Å². The van der Waals surface area contributed by atoms with E-state index in [-0.39, 0.29) is 17.7 Å². The fourth-order valence-electron chi connectivity index (χ4n) is 5.80. The highest BCUT2D eigenvalue weighted by Gasteiger charge is 2.38. The third-order valence-corrected chi connectivity index (χ3v) is 7.95. The molecule has 3 aromatic carbocycles. The number of rotatable bonds is 8. The Labute approximate surface area is 239 Å². The number of benzene rings is 3. The average Bonchev–Trinajstić information content (AvgIpc) is 3.38. The van der Waals surface area contributed by atoms with Gasteiger partial charge in [-0.05, 0) is 67.4 Å². The molecule has 0 spiro atoms. The minimum Gasteiger partial charge on any atom is -0.378 e. The van der Waals surface area contributed by atoms with Crippen LogP contribution in [0.4, 0.5) is 5.69 Å². The van der Waals surface area contributed by atoms with Crippen molar-refractivity contribution in [2.45, 2.75) is 31.4 Å². The predicted molar refractivity (Wildman–Crippen MR) is 160 cm³/mol. The summed E-state index contributed by atoms with van der Waals surface area (Å²) < 4.78 is 0. The summed E-state index contributed by atoms with van der Waals surface area (Å²) in [4.78, 5) is 35.1. The Hall–Kier alpha value is -3.65. The highest BCUT2D eigenvalue weighted by atomic mass is 35.5. The lowest BCUT2D eigenvalue weighted by atomic mass is 9.88. The second kappa shape index (κ2) is 11.8. The molecule has 4 aromatic rings. The number of hydrogen-bond acceptors (Lipinski definition) is 4. The SMILES string of the molecule is CC(c1c[nH]c2ccccc12)C(NC(=O)[C@@H](O)c1ccccc1)C(=O)N1C[C@@H](CN(C)C)Cc2cc(Cl)ccc21. The Bertz CT molecular complexity index is 1500. The molecule has 1 aromatic heterocycles. The van der Waals surface area contributed by atoms with E-state index < -0.39 is 18.1 Å². The summed E-state index contributed by atoms with van der Waals surface area (Å²) in [6, 6.07) is 21.3. The van der Waals surface area contributed by atoms with E-state index in [4.69, 9.17) is 11.6 Å². The number of aliphatic hydroxyl groups excluding tert-OH is 1. The maximum absolute atomic E-state index is 14.5. The van der Waals surface area contributed by atoms with E-state index in [1.165, 1.54) is 0 Å². The first-order chi connectivity index (χ1) is 19.2. The second-order valence-electron chi connectivity index (χ2n) is 10.9. The molecule has 2 unspecified atom stereocenters. The average molecular weight is 559 g/mol. The predicted octanol–water partition coefficient (Wildman–Crippen LogP) is 4.91. The van der Waals surface area contributed by atoms with Gasteiger partial charge < -0.3 is 25.2 Å². The van der Waals surface area contributed by atoms with Crippen LogP contribution in [-0.2, 0) is 16.0 Å². The quantitative estimate of drug-likeness (QED) is 0.287. The van der Waals surface area contributed by atoms with Crippen LogP contribution in [-0.4, -0.2) is 60.0 Å². The van der Waals surface area contributed by atoms with Crippen LogP contribution in [0.5, 0.6) is 0 Å². The van der Waals surface area contributed by atoms with Crippen LogP contribution in [0.2, 0.25) is 5.02 Å². The topological polar surface area (TPSA) is 88.7 Å². The number of nitrogens with one attached hydrogen (secondary N) is 2. The Morgan fingerprint density at radius 1 is 1.10 bits per heavy atom. The molecular weight excluding hydrogens is 524 g/mol. The molecule has 1 aliphatic heterocycles. The molecule has 7 nitrogen and oxygen atoms in total. The van der Waals surface area contributed by atoms with Crippen molar-refractivity contribution in [1.29, 1.82) is 0 Å². The second-order valence-corrected chi connectivity index (χ2v) is 11.4. The summed E-state index contributed by atoms with van der Waals surface area (Å²) in [5.41, 5.74) is 4.15. The summed E-state index contributed by atoms with van der Waals surface area (Å²) in [6.07, 6.45) is 1.30. The smallest absolute Gasteiger partial charge is 0.254 e. The van der Waals surface area contributed by atoms with Crippen LogP contribution >= 0.6 is 11.6 Å². The van der Waals surface area contributed by atoms with Crippen molar-refractivity contribution < 1.29 is 14.7 Å². The highest BCUT2D eigenvalue weighted by molar-refractivity contribution is 6.30. The molecule has 0 bridgehead atoms. The van der Waals surface area contributed by atoms with Crippen molar-refractivity contribution >= 4 is 40.0 Å². The summed E-state index contributed by atoms with van der Waals surface area (Å²) in [6.45, 7) is 3.26. The summed E-state index contributed by atoms with van der Waals surface area (Å²) in [5, 5.41) is 15.4. The number of para-hydroxylation sites is 1. The van der Waals surface area contributed by atoms with Crippen LogP contribution < -0.4 is 10.2 Å². The molecule has 0 aliphatic carbocycles. The van der Waals surface area contributed by atoms with Gasteiger partial charge in [0.25, 0.3) is 5.91 Å². The van der Waals surface area contributed by atoms with Gasteiger partial charge in [0.1, 0.15) is 6.04 Å². The molecule has 3 N–H and O–H groups in total. The van der Waals surface area contributed by atoms with Crippen LogP contribution in [0, 0.1) is 5.92 Å². The molecule has 8 heteroatoms. The number of aromatic nitrogens is 1. The zero-order chi connectivity index (χ0) is 28.4. The van der Waals surface area contributed by atoms with Gasteiger partial charge in [-0.3, -0.25) is 9.59 Å². The summed E-state index contributed by atoms with van der Waals surface area (Å²) in [5.74, 6) is -1.03. The van der Waals surface area contributed by atoms with E-state index in [0.29, 0.717) is 17.1 Å². The van der Waals surface area contributed by atoms with Crippen molar-refractivity contribution in [3.05, 3.63) is 101 Å². The third kappa shape index (κ3) is 5.77. The molecule has 208 valence electrons. The minimum atomic E-state index is -1.40. The van der Waals surface area contributed by atoms with Crippen LogP contribution in [0.3, 0.4) is 0 Å². The molecular formula is C32H35ClN4O3. The van der Waals surface area contributed by atoms with Gasteiger partial charge in [0, 0.05) is 46.8 Å². The standard InChI is InChI=1S/C32H35ClN4O3/c1-20(26-17-34-27-12-8-7-11-25(26)27)29(35-31(39)30(38)22-9-5-4-6-10-22)32(40)37-19-21(18-36(2)3)15-23-16-24(33)13-14-28(23)37/h4-14,16-17,20-21,29-30,34,38H,15,18-19H2,1-3H3,(H,35,39)/t20?,21-,29?,30+/m1/s1. The molecule has 4 atom stereocenters. The van der Waals surface area contributed by atoms with Gasteiger partial charge in [0.15, 0.2) is 6.10 Å². The number of halogens is 1. The Morgan fingerprint density at radius 3 is 2.58 bits per heavy atom. The van der Waals surface area contributed by atoms with Crippen LogP contribution in [0.25, 0.3) is 10.9 Å². The fraction of sp³-hybridized carbons (Fsp3) is 0.312. The van der Waals surface area contributed by atoms with Crippen LogP contribution in [0.15, 0.2) is 79.0 Å². The number of hydrogen-bond donors (Lipinski definition) is 3. The van der Waals surface area contributed by atoms with Crippen molar-refractivity contribution in [1.82, 2.24) is 15.2 Å². The normalized spacial score (nSPS) is 17.4.